The molecule has 1 aliphatic heterocycles. The molecule has 0 spiro atoms. The van der Waals surface area contributed by atoms with E-state index in [1.54, 1.807) is 0 Å². The van der Waals surface area contributed by atoms with Gasteiger partial charge in [-0.3, -0.25) is 0 Å². The zero-order valence-corrected chi connectivity index (χ0v) is 11.6. The Hall–Kier alpha value is -0.920. The van der Waals surface area contributed by atoms with E-state index < -0.39 is 0 Å². The number of aliphatic hydroxyl groups excluding tert-OH is 1. The zero-order valence-electron chi connectivity index (χ0n) is 10.0. The minimum absolute atomic E-state index is 0.0776. The van der Waals surface area contributed by atoms with Gasteiger partial charge in [0.1, 0.15) is 22.4 Å². The van der Waals surface area contributed by atoms with Crippen molar-refractivity contribution in [1.29, 1.82) is 0 Å². The number of aromatic nitrogens is 2. The molecule has 7 heteroatoms. The molecule has 3 N–H and O–H groups in total. The Kier molecular flexibility index (Phi) is 4.73. The van der Waals surface area contributed by atoms with Gasteiger partial charge in [-0.2, -0.15) is 0 Å². The minimum atomic E-state index is 0.0776. The summed E-state index contributed by atoms with van der Waals surface area (Å²) >= 11 is 3.42. The first kappa shape index (κ1) is 13.5. The van der Waals surface area contributed by atoms with E-state index in [1.165, 1.54) is 6.33 Å². The first-order chi connectivity index (χ1) is 8.72. The number of rotatable bonds is 4. The van der Waals surface area contributed by atoms with Gasteiger partial charge in [0.2, 0.25) is 0 Å². The standard InChI is InChI=1S/C11H17BrN4O2/c12-9-10(13)14-7-15-11(9)16-3-1-8(2-4-16)18-6-5-17/h7-8,17H,1-6H2,(H2,13,14,15). The van der Waals surface area contributed by atoms with E-state index in [1.807, 2.05) is 0 Å². The van der Waals surface area contributed by atoms with Gasteiger partial charge in [-0.15, -0.1) is 0 Å². The lowest BCUT2D eigenvalue weighted by atomic mass is 10.1. The monoisotopic (exact) mass is 316 g/mol. The fraction of sp³-hybridized carbons (Fsp3) is 0.636. The highest BCUT2D eigenvalue weighted by Gasteiger charge is 2.22. The molecular weight excluding hydrogens is 300 g/mol. The lowest BCUT2D eigenvalue weighted by molar-refractivity contribution is 0.0158. The third-order valence-electron chi connectivity index (χ3n) is 2.98. The van der Waals surface area contributed by atoms with Crippen molar-refractivity contribution in [3.63, 3.8) is 0 Å². The largest absolute Gasteiger partial charge is 0.394 e. The van der Waals surface area contributed by atoms with Crippen LogP contribution in [0.25, 0.3) is 0 Å². The molecule has 1 saturated heterocycles. The van der Waals surface area contributed by atoms with Crippen molar-refractivity contribution in [3.05, 3.63) is 10.8 Å². The molecule has 0 aliphatic carbocycles. The van der Waals surface area contributed by atoms with Crippen LogP contribution in [0.1, 0.15) is 12.8 Å². The Labute approximate surface area is 114 Å². The Morgan fingerprint density at radius 1 is 1.44 bits per heavy atom. The lowest BCUT2D eigenvalue weighted by Gasteiger charge is -2.33. The molecular formula is C11H17BrN4O2. The topological polar surface area (TPSA) is 84.5 Å². The van der Waals surface area contributed by atoms with Gasteiger partial charge in [-0.25, -0.2) is 9.97 Å². The molecule has 1 fully saturated rings. The molecule has 1 aromatic rings. The highest BCUT2D eigenvalue weighted by atomic mass is 79.9. The summed E-state index contributed by atoms with van der Waals surface area (Å²) in [5.74, 6) is 1.29. The van der Waals surface area contributed by atoms with E-state index in [4.69, 9.17) is 15.6 Å². The molecule has 18 heavy (non-hydrogen) atoms. The SMILES string of the molecule is Nc1ncnc(N2CCC(OCCO)CC2)c1Br. The predicted octanol–water partition coefficient (Wildman–Crippen LogP) is 0.799. The van der Waals surface area contributed by atoms with Crippen molar-refractivity contribution in [2.75, 3.05) is 36.9 Å². The first-order valence-electron chi connectivity index (χ1n) is 5.95. The highest BCUT2D eigenvalue weighted by molar-refractivity contribution is 9.10. The van der Waals surface area contributed by atoms with Crippen LogP contribution in [0, 0.1) is 0 Å². The predicted molar refractivity (Wildman–Crippen MR) is 72.4 cm³/mol. The zero-order chi connectivity index (χ0) is 13.0. The van der Waals surface area contributed by atoms with Gasteiger partial charge in [-0.05, 0) is 28.8 Å². The first-order valence-corrected chi connectivity index (χ1v) is 6.75. The molecule has 100 valence electrons. The maximum atomic E-state index is 8.72. The van der Waals surface area contributed by atoms with Crippen LogP contribution in [0.15, 0.2) is 10.8 Å². The molecule has 0 unspecified atom stereocenters. The summed E-state index contributed by atoms with van der Waals surface area (Å²) in [6.07, 6.45) is 3.56. The van der Waals surface area contributed by atoms with Gasteiger partial charge >= 0.3 is 0 Å². The van der Waals surface area contributed by atoms with Crippen LogP contribution in [-0.4, -0.2) is 47.5 Å². The van der Waals surface area contributed by atoms with E-state index in [0.717, 1.165) is 36.2 Å². The van der Waals surface area contributed by atoms with E-state index in [-0.39, 0.29) is 12.7 Å². The van der Waals surface area contributed by atoms with Gasteiger partial charge in [0.25, 0.3) is 0 Å². The maximum absolute atomic E-state index is 8.72. The minimum Gasteiger partial charge on any atom is -0.394 e. The Morgan fingerprint density at radius 3 is 2.83 bits per heavy atom. The molecule has 2 rings (SSSR count). The average Bonchev–Trinajstić information content (AvgIpc) is 2.40. The third kappa shape index (κ3) is 3.09. The Balaban J connectivity index is 1.95. The Morgan fingerprint density at radius 2 is 2.17 bits per heavy atom. The molecule has 0 radical (unpaired) electrons. The molecule has 1 aliphatic rings. The van der Waals surface area contributed by atoms with Gasteiger partial charge in [0, 0.05) is 13.1 Å². The van der Waals surface area contributed by atoms with Crippen LogP contribution in [0.5, 0.6) is 0 Å². The molecule has 0 atom stereocenters. The number of hydrogen-bond donors (Lipinski definition) is 2. The number of nitrogen functional groups attached to an aromatic ring is 1. The third-order valence-corrected chi connectivity index (χ3v) is 3.75. The van der Waals surface area contributed by atoms with E-state index in [9.17, 15) is 0 Å². The molecule has 0 bridgehead atoms. The second kappa shape index (κ2) is 6.31. The van der Waals surface area contributed by atoms with Gasteiger partial charge in [-0.1, -0.05) is 0 Å². The number of halogens is 1. The van der Waals surface area contributed by atoms with Gasteiger partial charge in [0.15, 0.2) is 0 Å². The van der Waals surface area contributed by atoms with Gasteiger partial charge < -0.3 is 20.5 Å². The smallest absolute Gasteiger partial charge is 0.148 e. The number of ether oxygens (including phenoxy) is 1. The number of aliphatic hydroxyl groups is 1. The van der Waals surface area contributed by atoms with Crippen LogP contribution in [0.2, 0.25) is 0 Å². The van der Waals surface area contributed by atoms with Crippen molar-refractivity contribution in [3.8, 4) is 0 Å². The number of anilines is 2. The van der Waals surface area contributed by atoms with Crippen molar-refractivity contribution in [1.82, 2.24) is 9.97 Å². The number of nitrogens with zero attached hydrogens (tertiary/aromatic N) is 3. The van der Waals surface area contributed by atoms with Crippen molar-refractivity contribution >= 4 is 27.6 Å². The second-order valence-corrected chi connectivity index (χ2v) is 4.97. The van der Waals surface area contributed by atoms with Crippen LogP contribution in [0.3, 0.4) is 0 Å². The molecule has 0 aromatic carbocycles. The van der Waals surface area contributed by atoms with Crippen molar-refractivity contribution < 1.29 is 9.84 Å². The van der Waals surface area contributed by atoms with Crippen LogP contribution >= 0.6 is 15.9 Å². The van der Waals surface area contributed by atoms with Crippen molar-refractivity contribution in [2.24, 2.45) is 0 Å². The van der Waals surface area contributed by atoms with Crippen molar-refractivity contribution in [2.45, 2.75) is 18.9 Å². The molecule has 0 amide bonds. The molecule has 6 nitrogen and oxygen atoms in total. The fourth-order valence-electron chi connectivity index (χ4n) is 2.05. The number of piperidine rings is 1. The van der Waals surface area contributed by atoms with Gasteiger partial charge in [0.05, 0.1) is 19.3 Å². The summed E-state index contributed by atoms with van der Waals surface area (Å²) in [7, 11) is 0. The normalized spacial score (nSPS) is 17.1. The average molecular weight is 317 g/mol. The maximum Gasteiger partial charge on any atom is 0.148 e. The van der Waals surface area contributed by atoms with E-state index >= 15 is 0 Å². The van der Waals surface area contributed by atoms with E-state index in [2.05, 4.69) is 30.8 Å². The highest BCUT2D eigenvalue weighted by Crippen LogP contribution is 2.29. The summed E-state index contributed by atoms with van der Waals surface area (Å²) < 4.78 is 6.27. The number of nitrogens with two attached hydrogens (primary N) is 1. The summed E-state index contributed by atoms with van der Waals surface area (Å²) in [5.41, 5.74) is 5.74. The molecule has 2 heterocycles. The van der Waals surface area contributed by atoms with E-state index in [0.29, 0.717) is 12.4 Å². The quantitative estimate of drug-likeness (QED) is 0.854. The summed E-state index contributed by atoms with van der Waals surface area (Å²) in [4.78, 5) is 10.4. The second-order valence-electron chi connectivity index (χ2n) is 4.18. The summed E-state index contributed by atoms with van der Waals surface area (Å²) in [6.45, 7) is 2.22. The van der Waals surface area contributed by atoms with Crippen LogP contribution in [-0.2, 0) is 4.74 Å². The lowest BCUT2D eigenvalue weighted by Crippen LogP contribution is -2.38. The summed E-state index contributed by atoms with van der Waals surface area (Å²) in [5, 5.41) is 8.72. The molecule has 1 aromatic heterocycles. The Bertz CT molecular complexity index is 397. The fourth-order valence-corrected chi connectivity index (χ4v) is 2.50. The summed E-state index contributed by atoms with van der Waals surface area (Å²) in [6, 6.07) is 0. The molecule has 0 saturated carbocycles. The number of hydrogen-bond acceptors (Lipinski definition) is 6. The van der Waals surface area contributed by atoms with Crippen LogP contribution in [0.4, 0.5) is 11.6 Å². The van der Waals surface area contributed by atoms with Crippen LogP contribution < -0.4 is 10.6 Å².